The van der Waals surface area contributed by atoms with Gasteiger partial charge in [-0.3, -0.25) is 4.79 Å². The van der Waals surface area contributed by atoms with Gasteiger partial charge in [-0.15, -0.1) is 0 Å². The molecule has 20 heavy (non-hydrogen) atoms. The highest BCUT2D eigenvalue weighted by molar-refractivity contribution is 6.38. The predicted octanol–water partition coefficient (Wildman–Crippen LogP) is 3.68. The van der Waals surface area contributed by atoms with Gasteiger partial charge in [-0.05, 0) is 18.2 Å². The Morgan fingerprint density at radius 3 is 2.75 bits per heavy atom. The molecule has 3 rings (SSSR count). The van der Waals surface area contributed by atoms with Crippen molar-refractivity contribution in [3.8, 4) is 0 Å². The van der Waals surface area contributed by atoms with E-state index in [9.17, 15) is 4.79 Å². The van der Waals surface area contributed by atoms with Crippen LogP contribution in [-0.4, -0.2) is 15.8 Å². The van der Waals surface area contributed by atoms with Crippen LogP contribution in [0.1, 0.15) is 15.9 Å². The van der Waals surface area contributed by atoms with Crippen LogP contribution in [0.25, 0.3) is 11.0 Å². The van der Waals surface area contributed by atoms with E-state index >= 15 is 0 Å². The van der Waals surface area contributed by atoms with Gasteiger partial charge < -0.3 is 10.7 Å². The predicted molar refractivity (Wildman–Crippen MR) is 80.4 cm³/mol. The van der Waals surface area contributed by atoms with Crippen LogP contribution in [0.15, 0.2) is 36.7 Å². The lowest BCUT2D eigenvalue weighted by Gasteiger charge is -2.05. The average Bonchev–Trinajstić information content (AvgIpc) is 2.86. The number of para-hydroxylation sites is 1. The summed E-state index contributed by atoms with van der Waals surface area (Å²) in [6.45, 7) is 0. The van der Waals surface area contributed by atoms with Crippen LogP contribution in [0.4, 0.5) is 5.69 Å². The number of benzene rings is 1. The molecule has 0 saturated carbocycles. The number of ketones is 1. The van der Waals surface area contributed by atoms with E-state index < -0.39 is 0 Å². The highest BCUT2D eigenvalue weighted by atomic mass is 35.5. The lowest BCUT2D eigenvalue weighted by molar-refractivity contribution is 0.104. The zero-order valence-electron chi connectivity index (χ0n) is 10.2. The van der Waals surface area contributed by atoms with Crippen molar-refractivity contribution in [1.29, 1.82) is 0 Å². The van der Waals surface area contributed by atoms with Gasteiger partial charge in [-0.25, -0.2) is 4.98 Å². The molecule has 3 aromatic rings. The van der Waals surface area contributed by atoms with Crippen molar-refractivity contribution in [3.63, 3.8) is 0 Å². The molecule has 6 heteroatoms. The first kappa shape index (κ1) is 13.0. The lowest BCUT2D eigenvalue weighted by Crippen LogP contribution is -2.05. The first-order valence-corrected chi connectivity index (χ1v) is 6.55. The Kier molecular flexibility index (Phi) is 3.12. The molecule has 0 aliphatic heterocycles. The second-order valence-electron chi connectivity index (χ2n) is 4.25. The highest BCUT2D eigenvalue weighted by Gasteiger charge is 2.19. The van der Waals surface area contributed by atoms with Gasteiger partial charge in [-0.1, -0.05) is 29.3 Å². The van der Waals surface area contributed by atoms with Crippen molar-refractivity contribution >= 4 is 45.7 Å². The van der Waals surface area contributed by atoms with Gasteiger partial charge >= 0.3 is 0 Å². The minimum Gasteiger partial charge on any atom is -0.397 e. The first-order valence-electron chi connectivity index (χ1n) is 5.80. The molecule has 0 atom stereocenters. The molecule has 0 fully saturated rings. The third-order valence-corrected chi connectivity index (χ3v) is 3.71. The van der Waals surface area contributed by atoms with Crippen LogP contribution in [0, 0.1) is 0 Å². The fourth-order valence-corrected chi connectivity index (χ4v) is 2.50. The van der Waals surface area contributed by atoms with Gasteiger partial charge in [0.2, 0.25) is 0 Å². The fourth-order valence-electron chi connectivity index (χ4n) is 2.08. The Balaban J connectivity index is 2.21. The normalized spacial score (nSPS) is 10.9. The minimum absolute atomic E-state index is 0.244. The standard InChI is InChI=1S/C14H9Cl2N3O/c15-9-4-5-18-14-11(9)8(6-19-14)13(20)7-2-1-3-10(16)12(7)17/h1-6H,17H2,(H,18,19). The van der Waals surface area contributed by atoms with Crippen LogP contribution in [0.3, 0.4) is 0 Å². The number of nitrogens with two attached hydrogens (primary N) is 1. The number of hydrogen-bond acceptors (Lipinski definition) is 3. The third-order valence-electron chi connectivity index (χ3n) is 3.06. The number of H-pyrrole nitrogens is 1. The molecule has 0 amide bonds. The summed E-state index contributed by atoms with van der Waals surface area (Å²) >= 11 is 12.1. The largest absolute Gasteiger partial charge is 0.397 e. The second-order valence-corrected chi connectivity index (χ2v) is 5.06. The first-order chi connectivity index (χ1) is 9.59. The second kappa shape index (κ2) is 4.81. The van der Waals surface area contributed by atoms with Crippen LogP contribution in [0.5, 0.6) is 0 Å². The molecule has 0 aliphatic carbocycles. The fraction of sp³-hybridized carbons (Fsp3) is 0. The Labute approximate surface area is 124 Å². The number of aromatic amines is 1. The maximum Gasteiger partial charge on any atom is 0.197 e. The van der Waals surface area contributed by atoms with E-state index in [1.165, 1.54) is 0 Å². The molecule has 2 aromatic heterocycles. The summed E-state index contributed by atoms with van der Waals surface area (Å²) in [7, 11) is 0. The number of anilines is 1. The van der Waals surface area contributed by atoms with E-state index in [2.05, 4.69) is 9.97 Å². The lowest BCUT2D eigenvalue weighted by atomic mass is 10.0. The van der Waals surface area contributed by atoms with Gasteiger partial charge in [0, 0.05) is 23.3 Å². The van der Waals surface area contributed by atoms with Crippen molar-refractivity contribution in [2.45, 2.75) is 0 Å². The van der Waals surface area contributed by atoms with Crippen molar-refractivity contribution in [3.05, 3.63) is 57.8 Å². The molecule has 4 nitrogen and oxygen atoms in total. The van der Waals surface area contributed by atoms with Crippen LogP contribution in [-0.2, 0) is 0 Å². The van der Waals surface area contributed by atoms with Gasteiger partial charge in [-0.2, -0.15) is 0 Å². The van der Waals surface area contributed by atoms with E-state index in [0.717, 1.165) is 0 Å². The van der Waals surface area contributed by atoms with E-state index in [0.29, 0.717) is 32.2 Å². The summed E-state index contributed by atoms with van der Waals surface area (Å²) in [5.41, 5.74) is 7.44. The Hall–Kier alpha value is -2.04. The van der Waals surface area contributed by atoms with Gasteiger partial charge in [0.15, 0.2) is 5.78 Å². The van der Waals surface area contributed by atoms with E-state index in [4.69, 9.17) is 28.9 Å². The number of halogens is 2. The number of nitrogens with one attached hydrogen (secondary N) is 1. The third kappa shape index (κ3) is 1.94. The number of nitrogens with zero attached hydrogens (tertiary/aromatic N) is 1. The maximum absolute atomic E-state index is 12.6. The Morgan fingerprint density at radius 1 is 1.15 bits per heavy atom. The maximum atomic E-state index is 12.6. The number of carbonyl (C=O) groups is 1. The van der Waals surface area contributed by atoms with Crippen molar-refractivity contribution in [2.24, 2.45) is 0 Å². The molecule has 0 bridgehead atoms. The molecule has 0 saturated heterocycles. The minimum atomic E-state index is -0.244. The molecule has 0 spiro atoms. The molecular weight excluding hydrogens is 297 g/mol. The highest BCUT2D eigenvalue weighted by Crippen LogP contribution is 2.30. The summed E-state index contributed by atoms with van der Waals surface area (Å²) in [6.07, 6.45) is 3.15. The zero-order chi connectivity index (χ0) is 14.3. The molecule has 3 N–H and O–H groups in total. The van der Waals surface area contributed by atoms with Gasteiger partial charge in [0.1, 0.15) is 5.65 Å². The van der Waals surface area contributed by atoms with Crippen molar-refractivity contribution < 1.29 is 4.79 Å². The number of fused-ring (bicyclic) bond motifs is 1. The summed E-state index contributed by atoms with van der Waals surface area (Å²) in [4.78, 5) is 19.7. The molecule has 0 unspecified atom stereocenters. The average molecular weight is 306 g/mol. The number of carbonyl (C=O) groups excluding carboxylic acids is 1. The summed E-state index contributed by atoms with van der Waals surface area (Å²) in [5.74, 6) is -0.244. The van der Waals surface area contributed by atoms with Crippen LogP contribution >= 0.6 is 23.2 Å². The monoisotopic (exact) mass is 305 g/mol. The van der Waals surface area contributed by atoms with Crippen LogP contribution < -0.4 is 5.73 Å². The Morgan fingerprint density at radius 2 is 1.95 bits per heavy atom. The molecule has 100 valence electrons. The van der Waals surface area contributed by atoms with E-state index in [1.807, 2.05) is 0 Å². The number of rotatable bonds is 2. The number of hydrogen-bond donors (Lipinski definition) is 2. The zero-order valence-corrected chi connectivity index (χ0v) is 11.7. The summed E-state index contributed by atoms with van der Waals surface area (Å²) < 4.78 is 0. The molecule has 0 radical (unpaired) electrons. The molecular formula is C14H9Cl2N3O. The topological polar surface area (TPSA) is 71.8 Å². The van der Waals surface area contributed by atoms with E-state index in [-0.39, 0.29) is 11.5 Å². The Bertz CT molecular complexity index is 826. The number of aromatic nitrogens is 2. The quantitative estimate of drug-likeness (QED) is 0.560. The smallest absolute Gasteiger partial charge is 0.197 e. The van der Waals surface area contributed by atoms with Crippen LogP contribution in [0.2, 0.25) is 10.0 Å². The number of nitrogen functional groups attached to an aromatic ring is 1. The molecule has 2 heterocycles. The number of pyridine rings is 1. The van der Waals surface area contributed by atoms with Gasteiger partial charge in [0.25, 0.3) is 0 Å². The summed E-state index contributed by atoms with van der Waals surface area (Å²) in [5, 5.41) is 1.39. The van der Waals surface area contributed by atoms with Gasteiger partial charge in [0.05, 0.1) is 21.3 Å². The summed E-state index contributed by atoms with van der Waals surface area (Å²) in [6, 6.07) is 6.58. The molecule has 0 aliphatic rings. The van der Waals surface area contributed by atoms with Crippen molar-refractivity contribution in [1.82, 2.24) is 9.97 Å². The SMILES string of the molecule is Nc1c(Cl)cccc1C(=O)c1c[nH]c2nccc(Cl)c12. The van der Waals surface area contributed by atoms with E-state index in [1.54, 1.807) is 36.7 Å². The van der Waals surface area contributed by atoms with Crippen molar-refractivity contribution in [2.75, 3.05) is 5.73 Å². The molecule has 1 aromatic carbocycles.